The van der Waals surface area contributed by atoms with Crippen molar-refractivity contribution in [2.45, 2.75) is 13.0 Å². The van der Waals surface area contributed by atoms with E-state index in [1.54, 1.807) is 22.9 Å². The molecule has 2 aromatic heterocycles. The number of imidazole rings is 1. The van der Waals surface area contributed by atoms with Crippen LogP contribution in [0.5, 0.6) is 0 Å². The Morgan fingerprint density at radius 1 is 1.11 bits per heavy atom. The Hall–Kier alpha value is -3.19. The standard InChI is InChI=1S/C21H17BrN4O2/c1-14(15-6-3-2-4-7-15)28-21(27)25-19-18(16-8-10-17(22)11-9-16)24-20-23-12-5-13-26(19)20/h2-14H,1H3,(H,25,27)/t14-/m1/s1. The molecule has 0 aliphatic rings. The molecule has 0 bridgehead atoms. The number of carbonyl (C=O) groups excluding carboxylic acids is 1. The average molecular weight is 437 g/mol. The van der Waals surface area contributed by atoms with Crippen LogP contribution < -0.4 is 5.32 Å². The molecule has 1 amide bonds. The quantitative estimate of drug-likeness (QED) is 0.460. The number of benzene rings is 2. The Labute approximate surface area is 170 Å². The highest BCUT2D eigenvalue weighted by atomic mass is 79.9. The van der Waals surface area contributed by atoms with Crippen molar-refractivity contribution in [3.63, 3.8) is 0 Å². The van der Waals surface area contributed by atoms with Crippen molar-refractivity contribution in [3.8, 4) is 11.3 Å². The highest BCUT2D eigenvalue weighted by Crippen LogP contribution is 2.29. The summed E-state index contributed by atoms with van der Waals surface area (Å²) in [4.78, 5) is 21.4. The number of carbonyl (C=O) groups is 1. The highest BCUT2D eigenvalue weighted by molar-refractivity contribution is 9.10. The molecule has 0 aliphatic carbocycles. The van der Waals surface area contributed by atoms with Crippen LogP contribution in [0.3, 0.4) is 0 Å². The summed E-state index contributed by atoms with van der Waals surface area (Å²) in [5.41, 5.74) is 2.40. The van der Waals surface area contributed by atoms with E-state index in [4.69, 9.17) is 4.74 Å². The number of rotatable bonds is 4. The molecule has 0 fully saturated rings. The van der Waals surface area contributed by atoms with Gasteiger partial charge in [0.1, 0.15) is 17.6 Å². The van der Waals surface area contributed by atoms with Crippen LogP contribution in [-0.2, 0) is 4.74 Å². The number of fused-ring (bicyclic) bond motifs is 1. The second-order valence-electron chi connectivity index (χ2n) is 6.19. The number of nitrogens with one attached hydrogen (secondary N) is 1. The van der Waals surface area contributed by atoms with E-state index >= 15 is 0 Å². The van der Waals surface area contributed by atoms with Gasteiger partial charge in [-0.3, -0.25) is 9.72 Å². The first-order chi connectivity index (χ1) is 13.6. The first-order valence-corrected chi connectivity index (χ1v) is 9.53. The van der Waals surface area contributed by atoms with Gasteiger partial charge in [0.25, 0.3) is 0 Å². The van der Waals surface area contributed by atoms with Crippen molar-refractivity contribution in [2.75, 3.05) is 5.32 Å². The van der Waals surface area contributed by atoms with Gasteiger partial charge in [0.15, 0.2) is 0 Å². The molecule has 4 rings (SSSR count). The van der Waals surface area contributed by atoms with Crippen molar-refractivity contribution in [2.24, 2.45) is 0 Å². The highest BCUT2D eigenvalue weighted by Gasteiger charge is 2.19. The van der Waals surface area contributed by atoms with Crippen molar-refractivity contribution in [1.29, 1.82) is 0 Å². The summed E-state index contributed by atoms with van der Waals surface area (Å²) >= 11 is 3.43. The van der Waals surface area contributed by atoms with E-state index in [9.17, 15) is 4.79 Å². The topological polar surface area (TPSA) is 68.5 Å². The molecule has 1 N–H and O–H groups in total. The SMILES string of the molecule is C[C@@H](OC(=O)Nc1c(-c2ccc(Br)cc2)nc2ncccn12)c1ccccc1. The zero-order valence-electron chi connectivity index (χ0n) is 15.0. The maximum atomic E-state index is 12.6. The zero-order chi connectivity index (χ0) is 19.5. The largest absolute Gasteiger partial charge is 0.441 e. The van der Waals surface area contributed by atoms with Gasteiger partial charge < -0.3 is 4.74 Å². The Balaban J connectivity index is 1.64. The number of amides is 1. The lowest BCUT2D eigenvalue weighted by Gasteiger charge is -2.14. The average Bonchev–Trinajstić information content (AvgIpc) is 3.07. The van der Waals surface area contributed by atoms with Gasteiger partial charge >= 0.3 is 6.09 Å². The van der Waals surface area contributed by atoms with Gasteiger partial charge in [-0.2, -0.15) is 0 Å². The minimum Gasteiger partial charge on any atom is -0.441 e. The number of halogens is 1. The third-order valence-corrected chi connectivity index (χ3v) is 4.82. The molecular formula is C21H17BrN4O2. The van der Waals surface area contributed by atoms with Crippen LogP contribution in [0.4, 0.5) is 10.6 Å². The van der Waals surface area contributed by atoms with Gasteiger partial charge in [-0.1, -0.05) is 58.4 Å². The molecule has 0 spiro atoms. The van der Waals surface area contributed by atoms with E-state index in [-0.39, 0.29) is 6.10 Å². The third-order valence-electron chi connectivity index (χ3n) is 4.29. The van der Waals surface area contributed by atoms with Crippen LogP contribution in [0.25, 0.3) is 17.0 Å². The fourth-order valence-corrected chi connectivity index (χ4v) is 3.16. The molecule has 7 heteroatoms. The molecule has 140 valence electrons. The fraction of sp³-hybridized carbons (Fsp3) is 0.0952. The maximum absolute atomic E-state index is 12.6. The molecule has 28 heavy (non-hydrogen) atoms. The minimum atomic E-state index is -0.555. The van der Waals surface area contributed by atoms with Crippen LogP contribution in [0.15, 0.2) is 77.5 Å². The van der Waals surface area contributed by atoms with Crippen LogP contribution in [0, 0.1) is 0 Å². The second-order valence-corrected chi connectivity index (χ2v) is 7.10. The number of hydrogen-bond acceptors (Lipinski definition) is 4. The van der Waals surface area contributed by atoms with Gasteiger partial charge in [0, 0.05) is 22.4 Å². The normalized spacial score (nSPS) is 11.9. The molecule has 0 aliphatic heterocycles. The summed E-state index contributed by atoms with van der Waals surface area (Å²) < 4.78 is 8.24. The summed E-state index contributed by atoms with van der Waals surface area (Å²) in [6.45, 7) is 1.83. The van der Waals surface area contributed by atoms with Gasteiger partial charge in [0.2, 0.25) is 5.78 Å². The summed E-state index contributed by atoms with van der Waals surface area (Å²) in [6, 6.07) is 19.1. The second kappa shape index (κ2) is 7.82. The van der Waals surface area contributed by atoms with Gasteiger partial charge in [-0.25, -0.2) is 14.8 Å². The molecule has 6 nitrogen and oxygen atoms in total. The first kappa shape index (κ1) is 18.2. The fourth-order valence-electron chi connectivity index (χ4n) is 2.89. The minimum absolute atomic E-state index is 0.380. The number of hydrogen-bond donors (Lipinski definition) is 1. The van der Waals surface area contributed by atoms with E-state index in [0.717, 1.165) is 15.6 Å². The van der Waals surface area contributed by atoms with Gasteiger partial charge in [0.05, 0.1) is 0 Å². The molecule has 4 aromatic rings. The van der Waals surface area contributed by atoms with E-state index < -0.39 is 6.09 Å². The molecule has 0 saturated heterocycles. The number of aromatic nitrogens is 3. The van der Waals surface area contributed by atoms with E-state index in [2.05, 4.69) is 31.2 Å². The maximum Gasteiger partial charge on any atom is 0.413 e. The smallest absolute Gasteiger partial charge is 0.413 e. The van der Waals surface area contributed by atoms with Crippen molar-refractivity contribution >= 4 is 33.6 Å². The zero-order valence-corrected chi connectivity index (χ0v) is 16.6. The molecule has 0 radical (unpaired) electrons. The van der Waals surface area contributed by atoms with Crippen molar-refractivity contribution in [1.82, 2.24) is 14.4 Å². The van der Waals surface area contributed by atoms with Crippen molar-refractivity contribution in [3.05, 3.63) is 83.1 Å². The lowest BCUT2D eigenvalue weighted by Crippen LogP contribution is -2.17. The summed E-state index contributed by atoms with van der Waals surface area (Å²) in [5, 5.41) is 2.83. The van der Waals surface area contributed by atoms with E-state index in [0.29, 0.717) is 17.3 Å². The van der Waals surface area contributed by atoms with E-state index in [1.165, 1.54) is 0 Å². The predicted octanol–water partition coefficient (Wildman–Crippen LogP) is 5.47. The summed E-state index contributed by atoms with van der Waals surface area (Å²) in [6.07, 6.45) is 2.52. The van der Waals surface area contributed by atoms with Gasteiger partial charge in [-0.05, 0) is 30.7 Å². The lowest BCUT2D eigenvalue weighted by atomic mass is 10.1. The number of nitrogens with zero attached hydrogens (tertiary/aromatic N) is 3. The van der Waals surface area contributed by atoms with E-state index in [1.807, 2.05) is 61.5 Å². The molecule has 2 aromatic carbocycles. The Morgan fingerprint density at radius 3 is 2.61 bits per heavy atom. The van der Waals surface area contributed by atoms with Crippen LogP contribution in [0.2, 0.25) is 0 Å². The predicted molar refractivity (Wildman–Crippen MR) is 111 cm³/mol. The molecule has 2 heterocycles. The monoisotopic (exact) mass is 436 g/mol. The lowest BCUT2D eigenvalue weighted by molar-refractivity contribution is 0.121. The summed E-state index contributed by atoms with van der Waals surface area (Å²) in [5.74, 6) is 1.00. The van der Waals surface area contributed by atoms with Crippen LogP contribution in [-0.4, -0.2) is 20.5 Å². The summed E-state index contributed by atoms with van der Waals surface area (Å²) in [7, 11) is 0. The van der Waals surface area contributed by atoms with Crippen molar-refractivity contribution < 1.29 is 9.53 Å². The first-order valence-electron chi connectivity index (χ1n) is 8.73. The molecule has 1 atom stereocenters. The Bertz CT molecular complexity index is 1110. The van der Waals surface area contributed by atoms with Crippen LogP contribution in [0.1, 0.15) is 18.6 Å². The number of ether oxygens (including phenoxy) is 1. The number of anilines is 1. The Morgan fingerprint density at radius 2 is 1.86 bits per heavy atom. The van der Waals surface area contributed by atoms with Crippen LogP contribution >= 0.6 is 15.9 Å². The molecule has 0 unspecified atom stereocenters. The Kier molecular flexibility index (Phi) is 5.08. The van der Waals surface area contributed by atoms with Gasteiger partial charge in [-0.15, -0.1) is 0 Å². The molecular weight excluding hydrogens is 420 g/mol. The third kappa shape index (κ3) is 3.75. The molecule has 0 saturated carbocycles.